The molecular formula is C12H12FN3O3S2. The van der Waals surface area contributed by atoms with Crippen LogP contribution in [0.4, 0.5) is 9.52 Å². The Kier molecular flexibility index (Phi) is 4.08. The lowest BCUT2D eigenvalue weighted by molar-refractivity contribution is 0.102. The molecule has 112 valence electrons. The third kappa shape index (κ3) is 3.43. The summed E-state index contributed by atoms with van der Waals surface area (Å²) in [5, 5.41) is 7.57. The topological polar surface area (TPSA) is 102 Å². The van der Waals surface area contributed by atoms with E-state index in [1.165, 1.54) is 19.1 Å². The number of carbonyl (C=O) groups is 1. The number of primary sulfonamides is 1. The lowest BCUT2D eigenvalue weighted by Gasteiger charge is -2.05. The van der Waals surface area contributed by atoms with Crippen molar-refractivity contribution in [2.24, 2.45) is 5.14 Å². The lowest BCUT2D eigenvalue weighted by Crippen LogP contribution is -2.13. The largest absolute Gasteiger partial charge is 0.298 e. The number of hydrogen-bond donors (Lipinski definition) is 2. The van der Waals surface area contributed by atoms with Crippen molar-refractivity contribution in [3.05, 3.63) is 40.8 Å². The van der Waals surface area contributed by atoms with Gasteiger partial charge in [0.2, 0.25) is 10.0 Å². The maximum Gasteiger partial charge on any atom is 0.257 e. The second-order valence-electron chi connectivity index (χ2n) is 4.35. The first kappa shape index (κ1) is 15.5. The van der Waals surface area contributed by atoms with Gasteiger partial charge in [0.1, 0.15) is 5.82 Å². The van der Waals surface area contributed by atoms with Gasteiger partial charge in [-0.25, -0.2) is 22.9 Å². The van der Waals surface area contributed by atoms with Crippen LogP contribution in [0.3, 0.4) is 0 Å². The van der Waals surface area contributed by atoms with E-state index in [1.54, 1.807) is 6.92 Å². The number of hydrogen-bond acceptors (Lipinski definition) is 5. The number of halogens is 1. The van der Waals surface area contributed by atoms with Gasteiger partial charge in [-0.15, -0.1) is 0 Å². The first-order valence-electron chi connectivity index (χ1n) is 5.76. The van der Waals surface area contributed by atoms with Crippen LogP contribution in [-0.2, 0) is 10.0 Å². The van der Waals surface area contributed by atoms with Gasteiger partial charge in [0.05, 0.1) is 5.69 Å². The number of nitrogens with two attached hydrogens (primary N) is 1. The number of aromatic nitrogens is 1. The fourth-order valence-corrected chi connectivity index (χ4v) is 3.56. The molecule has 0 atom stereocenters. The first-order chi connectivity index (χ1) is 9.68. The fourth-order valence-electron chi connectivity index (χ4n) is 1.70. The Morgan fingerprint density at radius 2 is 2.05 bits per heavy atom. The number of thiazole rings is 1. The minimum absolute atomic E-state index is 0.0881. The molecule has 9 heteroatoms. The molecule has 0 saturated heterocycles. The summed E-state index contributed by atoms with van der Waals surface area (Å²) >= 11 is 0.750. The summed E-state index contributed by atoms with van der Waals surface area (Å²) in [6, 6.07) is 3.83. The van der Waals surface area contributed by atoms with Crippen LogP contribution in [0.2, 0.25) is 0 Å². The van der Waals surface area contributed by atoms with Crippen molar-refractivity contribution < 1.29 is 17.6 Å². The Morgan fingerprint density at radius 1 is 1.38 bits per heavy atom. The SMILES string of the molecule is Cc1ccc(F)cc1C(=O)Nc1nc(C)c(S(N)(=O)=O)s1. The number of carbonyl (C=O) groups excluding carboxylic acids is 1. The highest BCUT2D eigenvalue weighted by Crippen LogP contribution is 2.26. The number of nitrogens with zero attached hydrogens (tertiary/aromatic N) is 1. The number of sulfonamides is 1. The van der Waals surface area contributed by atoms with Gasteiger partial charge in [-0.1, -0.05) is 17.4 Å². The van der Waals surface area contributed by atoms with E-state index >= 15 is 0 Å². The zero-order valence-electron chi connectivity index (χ0n) is 11.2. The van der Waals surface area contributed by atoms with Gasteiger partial charge in [-0.3, -0.25) is 10.1 Å². The molecule has 0 fully saturated rings. The van der Waals surface area contributed by atoms with Crippen molar-refractivity contribution in [3.8, 4) is 0 Å². The maximum atomic E-state index is 13.2. The molecule has 2 aromatic rings. The number of benzene rings is 1. The summed E-state index contributed by atoms with van der Waals surface area (Å²) in [6.07, 6.45) is 0. The Hall–Kier alpha value is -1.84. The molecule has 6 nitrogen and oxygen atoms in total. The van der Waals surface area contributed by atoms with Gasteiger partial charge in [0, 0.05) is 5.56 Å². The third-order valence-corrected chi connectivity index (χ3v) is 5.30. The van der Waals surface area contributed by atoms with Gasteiger partial charge in [-0.2, -0.15) is 0 Å². The van der Waals surface area contributed by atoms with Crippen LogP contribution in [0.25, 0.3) is 0 Å². The van der Waals surface area contributed by atoms with Crippen LogP contribution in [0.1, 0.15) is 21.6 Å². The van der Waals surface area contributed by atoms with Crippen LogP contribution < -0.4 is 10.5 Å². The van der Waals surface area contributed by atoms with Crippen molar-refractivity contribution in [1.82, 2.24) is 4.98 Å². The van der Waals surface area contributed by atoms with Crippen molar-refractivity contribution in [2.75, 3.05) is 5.32 Å². The molecule has 0 bridgehead atoms. The highest BCUT2D eigenvalue weighted by Gasteiger charge is 2.19. The minimum atomic E-state index is -3.88. The van der Waals surface area contributed by atoms with Crippen molar-refractivity contribution >= 4 is 32.4 Å². The number of nitrogens with one attached hydrogen (secondary N) is 1. The predicted octanol–water partition coefficient (Wildman–Crippen LogP) is 1.80. The second-order valence-corrected chi connectivity index (χ2v) is 7.11. The average molecular weight is 329 g/mol. The van der Waals surface area contributed by atoms with Crippen LogP contribution in [0, 0.1) is 19.7 Å². The summed E-state index contributed by atoms with van der Waals surface area (Å²) in [7, 11) is -3.88. The molecule has 3 N–H and O–H groups in total. The van der Waals surface area contributed by atoms with E-state index in [1.807, 2.05) is 0 Å². The quantitative estimate of drug-likeness (QED) is 0.896. The molecule has 1 heterocycles. The molecule has 1 aromatic carbocycles. The monoisotopic (exact) mass is 329 g/mol. The third-order valence-electron chi connectivity index (χ3n) is 2.68. The summed E-state index contributed by atoms with van der Waals surface area (Å²) in [5.41, 5.74) is 0.947. The molecule has 0 saturated carbocycles. The van der Waals surface area contributed by atoms with E-state index in [0.717, 1.165) is 17.4 Å². The highest BCUT2D eigenvalue weighted by atomic mass is 32.2. The molecule has 0 spiro atoms. The Balaban J connectivity index is 2.30. The van der Waals surface area contributed by atoms with E-state index in [9.17, 15) is 17.6 Å². The van der Waals surface area contributed by atoms with Gasteiger partial charge in [0.25, 0.3) is 5.91 Å². The van der Waals surface area contributed by atoms with E-state index in [2.05, 4.69) is 10.3 Å². The minimum Gasteiger partial charge on any atom is -0.298 e. The summed E-state index contributed by atoms with van der Waals surface area (Å²) in [4.78, 5) is 16.0. The van der Waals surface area contributed by atoms with Crippen LogP contribution >= 0.6 is 11.3 Å². The molecule has 2 rings (SSSR count). The van der Waals surface area contributed by atoms with E-state index in [-0.39, 0.29) is 20.6 Å². The molecular weight excluding hydrogens is 317 g/mol. The summed E-state index contributed by atoms with van der Waals surface area (Å²) in [6.45, 7) is 3.14. The number of rotatable bonds is 3. The van der Waals surface area contributed by atoms with Crippen LogP contribution in [0.5, 0.6) is 0 Å². The molecule has 0 aliphatic rings. The smallest absolute Gasteiger partial charge is 0.257 e. The van der Waals surface area contributed by atoms with Gasteiger partial charge in [0.15, 0.2) is 9.34 Å². The Bertz CT molecular complexity index is 815. The van der Waals surface area contributed by atoms with E-state index in [4.69, 9.17) is 5.14 Å². The standard InChI is InChI=1S/C12H12FN3O3S2/c1-6-3-4-8(13)5-9(6)10(17)16-12-15-7(2)11(20-12)21(14,18)19/h3-5H,1-2H3,(H2,14,18,19)(H,15,16,17). The first-order valence-corrected chi connectivity index (χ1v) is 8.12. The molecule has 0 radical (unpaired) electrons. The molecule has 1 aromatic heterocycles. The molecule has 0 aliphatic heterocycles. The van der Waals surface area contributed by atoms with Gasteiger partial charge < -0.3 is 0 Å². The number of amides is 1. The molecule has 1 amide bonds. The van der Waals surface area contributed by atoms with E-state index in [0.29, 0.717) is 5.56 Å². The van der Waals surface area contributed by atoms with Crippen molar-refractivity contribution in [1.29, 1.82) is 0 Å². The Morgan fingerprint density at radius 3 is 2.62 bits per heavy atom. The summed E-state index contributed by atoms with van der Waals surface area (Å²) < 4.78 is 35.7. The zero-order chi connectivity index (χ0) is 15.8. The van der Waals surface area contributed by atoms with Crippen LogP contribution in [0.15, 0.2) is 22.4 Å². The zero-order valence-corrected chi connectivity index (χ0v) is 12.8. The molecule has 21 heavy (non-hydrogen) atoms. The fraction of sp³-hybridized carbons (Fsp3) is 0.167. The van der Waals surface area contributed by atoms with E-state index < -0.39 is 21.7 Å². The van der Waals surface area contributed by atoms with Crippen molar-refractivity contribution in [3.63, 3.8) is 0 Å². The summed E-state index contributed by atoms with van der Waals surface area (Å²) in [5.74, 6) is -1.10. The van der Waals surface area contributed by atoms with Crippen LogP contribution in [-0.4, -0.2) is 19.3 Å². The van der Waals surface area contributed by atoms with Gasteiger partial charge in [-0.05, 0) is 31.5 Å². The predicted molar refractivity (Wildman–Crippen MR) is 77.3 cm³/mol. The number of anilines is 1. The Labute approximate surface area is 124 Å². The normalized spacial score (nSPS) is 11.4. The molecule has 0 unspecified atom stereocenters. The average Bonchev–Trinajstić information content (AvgIpc) is 2.73. The second kappa shape index (κ2) is 5.51. The highest BCUT2D eigenvalue weighted by molar-refractivity contribution is 7.91. The number of aryl methyl sites for hydroxylation is 2. The lowest BCUT2D eigenvalue weighted by atomic mass is 10.1. The van der Waals surface area contributed by atoms with Gasteiger partial charge >= 0.3 is 0 Å². The maximum absolute atomic E-state index is 13.2. The van der Waals surface area contributed by atoms with Crippen molar-refractivity contribution in [2.45, 2.75) is 18.1 Å². The molecule has 0 aliphatic carbocycles.